The van der Waals surface area contributed by atoms with E-state index in [1.54, 1.807) is 17.7 Å². The van der Waals surface area contributed by atoms with Crippen molar-refractivity contribution < 1.29 is 14.0 Å². The van der Waals surface area contributed by atoms with Crippen LogP contribution in [0.25, 0.3) is 10.2 Å². The fourth-order valence-corrected chi connectivity index (χ4v) is 6.71. The van der Waals surface area contributed by atoms with E-state index in [1.807, 2.05) is 0 Å². The minimum Gasteiger partial charge on any atom is -0.278 e. The summed E-state index contributed by atoms with van der Waals surface area (Å²) in [5, 5.41) is 1.56. The zero-order valence-corrected chi connectivity index (χ0v) is 17.9. The molecule has 3 heterocycles. The molecule has 1 aliphatic carbocycles. The molecule has 1 saturated heterocycles. The first-order valence-corrected chi connectivity index (χ1v) is 11.8. The maximum Gasteiger partial charge on any atom is 0.260 e. The highest BCUT2D eigenvalue weighted by Crippen LogP contribution is 2.42. The Hall–Kier alpha value is -2.32. The molecule has 0 N–H and O–H groups in total. The van der Waals surface area contributed by atoms with Gasteiger partial charge in [-0.15, -0.1) is 11.3 Å². The van der Waals surface area contributed by atoms with Crippen molar-refractivity contribution in [1.82, 2.24) is 14.9 Å². The van der Waals surface area contributed by atoms with E-state index in [9.17, 15) is 14.0 Å². The quantitative estimate of drug-likeness (QED) is 0.438. The van der Waals surface area contributed by atoms with Crippen molar-refractivity contribution in [1.29, 1.82) is 0 Å². The van der Waals surface area contributed by atoms with Gasteiger partial charge in [-0.2, -0.15) is 0 Å². The minimum atomic E-state index is -0.404. The molecular weight excluding hydrogens is 421 g/mol. The van der Waals surface area contributed by atoms with Crippen LogP contribution >= 0.6 is 23.1 Å². The maximum absolute atomic E-state index is 13.3. The molecule has 2 aromatic heterocycles. The van der Waals surface area contributed by atoms with Crippen LogP contribution < -0.4 is 0 Å². The molecule has 0 radical (unpaired) electrons. The summed E-state index contributed by atoms with van der Waals surface area (Å²) in [5.74, 6) is -0.958. The van der Waals surface area contributed by atoms with Gasteiger partial charge in [0.05, 0.1) is 5.25 Å². The predicted octanol–water partition coefficient (Wildman–Crippen LogP) is 4.63. The van der Waals surface area contributed by atoms with Gasteiger partial charge in [0.2, 0.25) is 5.91 Å². The van der Waals surface area contributed by atoms with Crippen molar-refractivity contribution in [2.75, 3.05) is 6.54 Å². The van der Waals surface area contributed by atoms with Gasteiger partial charge < -0.3 is 0 Å². The molecule has 1 fully saturated rings. The molecule has 0 bridgehead atoms. The van der Waals surface area contributed by atoms with Gasteiger partial charge in [-0.3, -0.25) is 14.5 Å². The highest BCUT2D eigenvalue weighted by Gasteiger charge is 2.33. The molecule has 0 saturated carbocycles. The molecule has 2 aliphatic rings. The Kier molecular flexibility index (Phi) is 5.28. The number of halogens is 1. The summed E-state index contributed by atoms with van der Waals surface area (Å²) in [5.41, 5.74) is 1.66. The number of hydrogen-bond acceptors (Lipinski definition) is 6. The smallest absolute Gasteiger partial charge is 0.260 e. The van der Waals surface area contributed by atoms with Crippen LogP contribution in [0.2, 0.25) is 0 Å². The lowest BCUT2D eigenvalue weighted by Gasteiger charge is -2.22. The van der Waals surface area contributed by atoms with E-state index in [1.165, 1.54) is 51.4 Å². The van der Waals surface area contributed by atoms with Crippen LogP contribution in [0.3, 0.4) is 0 Å². The second-order valence-electron chi connectivity index (χ2n) is 7.62. The summed E-state index contributed by atoms with van der Waals surface area (Å²) in [6.07, 6.45) is 7.17. The molecular formula is C22H20FN3O2S2. The third-order valence-electron chi connectivity index (χ3n) is 5.70. The van der Waals surface area contributed by atoms with Crippen molar-refractivity contribution >= 4 is 45.1 Å². The first-order valence-electron chi connectivity index (χ1n) is 10.1. The van der Waals surface area contributed by atoms with Crippen LogP contribution in [-0.4, -0.2) is 38.5 Å². The lowest BCUT2D eigenvalue weighted by atomic mass is 10.2. The zero-order valence-electron chi connectivity index (χ0n) is 16.3. The van der Waals surface area contributed by atoms with Crippen LogP contribution in [-0.2, 0) is 17.6 Å². The molecule has 1 atom stereocenters. The van der Waals surface area contributed by atoms with Crippen LogP contribution in [0.4, 0.5) is 4.39 Å². The Bertz CT molecular complexity index is 1130. The van der Waals surface area contributed by atoms with Crippen molar-refractivity contribution in [2.24, 2.45) is 0 Å². The van der Waals surface area contributed by atoms with Crippen LogP contribution in [0.15, 0.2) is 35.6 Å². The molecule has 1 aromatic carbocycles. The summed E-state index contributed by atoms with van der Waals surface area (Å²) in [6, 6.07) is 5.36. The number of likely N-dealkylation sites (tertiary alicyclic amines) is 1. The van der Waals surface area contributed by atoms with E-state index in [0.29, 0.717) is 18.5 Å². The van der Waals surface area contributed by atoms with Crippen molar-refractivity contribution in [3.8, 4) is 0 Å². The van der Waals surface area contributed by atoms with E-state index < -0.39 is 5.82 Å². The van der Waals surface area contributed by atoms with Gasteiger partial charge >= 0.3 is 0 Å². The van der Waals surface area contributed by atoms with E-state index >= 15 is 0 Å². The molecule has 154 valence electrons. The molecule has 3 aromatic rings. The molecule has 2 amide bonds. The van der Waals surface area contributed by atoms with Crippen LogP contribution in [0.5, 0.6) is 0 Å². The summed E-state index contributed by atoms with van der Waals surface area (Å²) >= 11 is 3.18. The van der Waals surface area contributed by atoms with Gasteiger partial charge in [-0.25, -0.2) is 14.4 Å². The van der Waals surface area contributed by atoms with E-state index in [4.69, 9.17) is 0 Å². The first kappa shape index (κ1) is 19.6. The Morgan fingerprint density at radius 2 is 1.97 bits per heavy atom. The van der Waals surface area contributed by atoms with Gasteiger partial charge in [-0.1, -0.05) is 18.2 Å². The SMILES string of the molecule is O=C(c1ccc(F)cc1)N1CCCCC(Sc2ncnc3sc4c(c23)CCC4)C1=O. The highest BCUT2D eigenvalue weighted by atomic mass is 32.2. The summed E-state index contributed by atoms with van der Waals surface area (Å²) < 4.78 is 13.2. The molecule has 1 aliphatic heterocycles. The fraction of sp³-hybridized carbons (Fsp3) is 0.364. The van der Waals surface area contributed by atoms with Crippen molar-refractivity contribution in [3.63, 3.8) is 0 Å². The fourth-order valence-electron chi connectivity index (χ4n) is 4.19. The van der Waals surface area contributed by atoms with Gasteiger partial charge in [0.25, 0.3) is 5.91 Å². The monoisotopic (exact) mass is 441 g/mol. The van der Waals surface area contributed by atoms with E-state index in [0.717, 1.165) is 47.3 Å². The molecule has 1 unspecified atom stereocenters. The Morgan fingerprint density at radius 3 is 2.80 bits per heavy atom. The number of carbonyl (C=O) groups is 2. The van der Waals surface area contributed by atoms with Crippen molar-refractivity contribution in [3.05, 3.63) is 52.4 Å². The number of rotatable bonds is 3. The number of thiophene rings is 1. The lowest BCUT2D eigenvalue weighted by molar-refractivity contribution is -0.127. The Labute approximate surface area is 181 Å². The number of aromatic nitrogens is 2. The third kappa shape index (κ3) is 3.52. The summed E-state index contributed by atoms with van der Waals surface area (Å²) in [7, 11) is 0. The third-order valence-corrected chi connectivity index (χ3v) is 8.15. The largest absolute Gasteiger partial charge is 0.278 e. The maximum atomic E-state index is 13.3. The molecule has 5 rings (SSSR count). The highest BCUT2D eigenvalue weighted by molar-refractivity contribution is 8.00. The average molecular weight is 442 g/mol. The topological polar surface area (TPSA) is 63.2 Å². The number of amides is 2. The number of benzene rings is 1. The second-order valence-corrected chi connectivity index (χ2v) is 9.90. The number of aryl methyl sites for hydroxylation is 2. The standard InChI is InChI=1S/C22H20FN3O2S2/c23-14-9-7-13(8-10-14)21(27)26-11-2-1-5-17(22(26)28)30-20-18-15-4-3-6-16(15)29-19(18)24-12-25-20/h7-10,12,17H,1-6,11H2. The van der Waals surface area contributed by atoms with Gasteiger partial charge in [0.15, 0.2) is 0 Å². The van der Waals surface area contributed by atoms with Crippen molar-refractivity contribution in [2.45, 2.75) is 48.8 Å². The van der Waals surface area contributed by atoms with E-state index in [-0.39, 0.29) is 17.1 Å². The minimum absolute atomic E-state index is 0.189. The molecule has 30 heavy (non-hydrogen) atoms. The molecule has 0 spiro atoms. The normalized spacial score (nSPS) is 19.2. The molecule has 8 heteroatoms. The van der Waals surface area contributed by atoms with Crippen LogP contribution in [0.1, 0.15) is 46.5 Å². The Balaban J connectivity index is 1.43. The average Bonchev–Trinajstić information content (AvgIpc) is 3.29. The predicted molar refractivity (Wildman–Crippen MR) is 115 cm³/mol. The number of fused-ring (bicyclic) bond motifs is 3. The number of imide groups is 1. The zero-order chi connectivity index (χ0) is 20.7. The lowest BCUT2D eigenvalue weighted by Crippen LogP contribution is -2.41. The molecule has 5 nitrogen and oxygen atoms in total. The first-order chi connectivity index (χ1) is 14.6. The number of carbonyl (C=O) groups excluding carboxylic acids is 2. The summed E-state index contributed by atoms with van der Waals surface area (Å²) in [6.45, 7) is 0.388. The van der Waals surface area contributed by atoms with E-state index in [2.05, 4.69) is 9.97 Å². The number of thioether (sulfide) groups is 1. The number of nitrogens with zero attached hydrogens (tertiary/aromatic N) is 3. The van der Waals surface area contributed by atoms with Crippen LogP contribution in [0, 0.1) is 5.82 Å². The van der Waals surface area contributed by atoms with Gasteiger partial charge in [-0.05, 0) is 61.9 Å². The van der Waals surface area contributed by atoms with Gasteiger partial charge in [0, 0.05) is 22.4 Å². The second kappa shape index (κ2) is 8.07. The van der Waals surface area contributed by atoms with Gasteiger partial charge in [0.1, 0.15) is 22.0 Å². The summed E-state index contributed by atoms with van der Waals surface area (Å²) in [4.78, 5) is 38.9. The number of hydrogen-bond donors (Lipinski definition) is 0. The Morgan fingerprint density at radius 1 is 1.13 bits per heavy atom.